The van der Waals surface area contributed by atoms with E-state index in [1.165, 1.54) is 12.8 Å². The van der Waals surface area contributed by atoms with Crippen molar-refractivity contribution >= 4 is 11.8 Å². The Morgan fingerprint density at radius 3 is 2.75 bits per heavy atom. The molecule has 0 spiro atoms. The van der Waals surface area contributed by atoms with E-state index in [-0.39, 0.29) is 17.7 Å². The van der Waals surface area contributed by atoms with E-state index in [2.05, 4.69) is 10.3 Å². The van der Waals surface area contributed by atoms with E-state index >= 15 is 0 Å². The lowest BCUT2D eigenvalue weighted by molar-refractivity contribution is -0.126. The minimum absolute atomic E-state index is 0.0761. The van der Waals surface area contributed by atoms with Gasteiger partial charge in [-0.3, -0.25) is 9.59 Å². The van der Waals surface area contributed by atoms with Crippen LogP contribution in [0.4, 0.5) is 0 Å². The van der Waals surface area contributed by atoms with Gasteiger partial charge in [0.15, 0.2) is 0 Å². The van der Waals surface area contributed by atoms with Crippen molar-refractivity contribution in [2.45, 2.75) is 25.7 Å². The number of benzene rings is 1. The smallest absolute Gasteiger partial charge is 0.254 e. The van der Waals surface area contributed by atoms with Gasteiger partial charge in [0.05, 0.1) is 5.92 Å². The Balaban J connectivity index is 1.39. The molecule has 0 unspecified atom stereocenters. The number of aromatic nitrogens is 1. The van der Waals surface area contributed by atoms with E-state index in [9.17, 15) is 9.59 Å². The van der Waals surface area contributed by atoms with Gasteiger partial charge in [0.2, 0.25) is 11.8 Å². The molecule has 0 bridgehead atoms. The maximum absolute atomic E-state index is 13.0. The first-order valence-electron chi connectivity index (χ1n) is 9.95. The maximum Gasteiger partial charge on any atom is 0.254 e. The predicted molar refractivity (Wildman–Crippen MR) is 105 cm³/mol. The van der Waals surface area contributed by atoms with Gasteiger partial charge in [0.1, 0.15) is 5.75 Å². The van der Waals surface area contributed by atoms with Crippen molar-refractivity contribution in [1.29, 1.82) is 0 Å². The highest BCUT2D eigenvalue weighted by Gasteiger charge is 2.30. The zero-order valence-electron chi connectivity index (χ0n) is 15.8. The number of rotatable bonds is 6. The number of nitrogens with one attached hydrogen (secondary N) is 1. The molecule has 6 nitrogen and oxygen atoms in total. The quantitative estimate of drug-likeness (QED) is 0.836. The number of hydrogen-bond donors (Lipinski definition) is 1. The van der Waals surface area contributed by atoms with Gasteiger partial charge in [0.25, 0.3) is 5.91 Å². The first-order valence-corrected chi connectivity index (χ1v) is 9.95. The largest absolute Gasteiger partial charge is 0.439 e. The molecule has 1 saturated heterocycles. The normalized spacial score (nSPS) is 19.1. The first-order chi connectivity index (χ1) is 13.7. The van der Waals surface area contributed by atoms with Gasteiger partial charge in [0, 0.05) is 37.5 Å². The molecule has 1 saturated carbocycles. The number of pyridine rings is 1. The van der Waals surface area contributed by atoms with Crippen molar-refractivity contribution in [3.05, 3.63) is 54.2 Å². The molecule has 2 aliphatic rings. The van der Waals surface area contributed by atoms with Crippen LogP contribution in [-0.2, 0) is 4.79 Å². The molecule has 1 atom stereocenters. The predicted octanol–water partition coefficient (Wildman–Crippen LogP) is 3.25. The Morgan fingerprint density at radius 1 is 1.14 bits per heavy atom. The minimum Gasteiger partial charge on any atom is -0.439 e. The summed E-state index contributed by atoms with van der Waals surface area (Å²) >= 11 is 0. The van der Waals surface area contributed by atoms with E-state index < -0.39 is 0 Å². The second kappa shape index (κ2) is 8.42. The van der Waals surface area contributed by atoms with Crippen LogP contribution in [0.2, 0.25) is 0 Å². The van der Waals surface area contributed by atoms with Gasteiger partial charge in [-0.15, -0.1) is 0 Å². The van der Waals surface area contributed by atoms with E-state index in [4.69, 9.17) is 4.74 Å². The number of ether oxygens (including phenoxy) is 1. The Bertz CT molecular complexity index is 836. The fourth-order valence-electron chi connectivity index (χ4n) is 3.48. The van der Waals surface area contributed by atoms with Gasteiger partial charge in [-0.25, -0.2) is 4.98 Å². The molecule has 1 aliphatic carbocycles. The van der Waals surface area contributed by atoms with Crippen LogP contribution in [-0.4, -0.2) is 41.3 Å². The molecular formula is C22H25N3O3. The number of nitrogens with zero attached hydrogens (tertiary/aromatic N) is 2. The van der Waals surface area contributed by atoms with Crippen LogP contribution < -0.4 is 10.1 Å². The number of carbonyl (C=O) groups excluding carboxylic acids is 2. The van der Waals surface area contributed by atoms with Crippen molar-refractivity contribution in [3.8, 4) is 11.6 Å². The number of likely N-dealkylation sites (tertiary alicyclic amines) is 1. The molecule has 1 aromatic carbocycles. The zero-order chi connectivity index (χ0) is 19.3. The third-order valence-corrected chi connectivity index (χ3v) is 5.29. The fourth-order valence-corrected chi connectivity index (χ4v) is 3.48. The molecule has 1 aliphatic heterocycles. The van der Waals surface area contributed by atoms with Gasteiger partial charge >= 0.3 is 0 Å². The van der Waals surface area contributed by atoms with E-state index in [0.717, 1.165) is 19.4 Å². The highest BCUT2D eigenvalue weighted by Crippen LogP contribution is 2.28. The molecule has 2 aromatic rings. The summed E-state index contributed by atoms with van der Waals surface area (Å²) in [7, 11) is 0. The molecule has 2 fully saturated rings. The number of piperidine rings is 1. The van der Waals surface area contributed by atoms with Crippen LogP contribution in [0.3, 0.4) is 0 Å². The van der Waals surface area contributed by atoms with Gasteiger partial charge in [-0.2, -0.15) is 0 Å². The monoisotopic (exact) mass is 379 g/mol. The fraction of sp³-hybridized carbons (Fsp3) is 0.409. The molecule has 146 valence electrons. The van der Waals surface area contributed by atoms with E-state index in [1.54, 1.807) is 23.2 Å². The molecule has 1 N–H and O–H groups in total. The standard InChI is InChI=1S/C22H25N3O3/c26-21(24-14-16-8-9-16)18-5-4-12-25(15-18)22(27)17-10-11-23-20(13-17)28-19-6-2-1-3-7-19/h1-3,6-7,10-11,13,16,18H,4-5,8-9,12,14-15H2,(H,24,26)/t18-/m0/s1. The summed E-state index contributed by atoms with van der Waals surface area (Å²) in [6.07, 6.45) is 5.68. The Labute approximate surface area is 164 Å². The number of hydrogen-bond acceptors (Lipinski definition) is 4. The molecule has 0 radical (unpaired) electrons. The molecule has 2 amide bonds. The summed E-state index contributed by atoms with van der Waals surface area (Å²) in [4.78, 5) is 31.3. The van der Waals surface area contributed by atoms with Crippen LogP contribution in [0.1, 0.15) is 36.0 Å². The maximum atomic E-state index is 13.0. The van der Waals surface area contributed by atoms with Gasteiger partial charge in [-0.1, -0.05) is 18.2 Å². The molecular weight excluding hydrogens is 354 g/mol. The number of para-hydroxylation sites is 1. The summed E-state index contributed by atoms with van der Waals surface area (Å²) in [5.74, 6) is 1.58. The zero-order valence-corrected chi connectivity index (χ0v) is 15.8. The summed E-state index contributed by atoms with van der Waals surface area (Å²) < 4.78 is 5.73. The molecule has 28 heavy (non-hydrogen) atoms. The van der Waals surface area contributed by atoms with Crippen LogP contribution in [0.5, 0.6) is 11.6 Å². The van der Waals surface area contributed by atoms with Gasteiger partial charge < -0.3 is 15.0 Å². The first kappa shape index (κ1) is 18.5. The lowest BCUT2D eigenvalue weighted by atomic mass is 9.96. The van der Waals surface area contributed by atoms with Crippen molar-refractivity contribution in [1.82, 2.24) is 15.2 Å². The summed E-state index contributed by atoms with van der Waals surface area (Å²) in [6, 6.07) is 12.7. The number of amides is 2. The summed E-state index contributed by atoms with van der Waals surface area (Å²) in [5.41, 5.74) is 0.528. The van der Waals surface area contributed by atoms with E-state index in [1.807, 2.05) is 30.3 Å². The second-order valence-corrected chi connectivity index (χ2v) is 7.58. The third kappa shape index (κ3) is 4.68. The van der Waals surface area contributed by atoms with Crippen LogP contribution in [0.25, 0.3) is 0 Å². The molecule has 6 heteroatoms. The van der Waals surface area contributed by atoms with Crippen molar-refractivity contribution in [2.75, 3.05) is 19.6 Å². The highest BCUT2D eigenvalue weighted by atomic mass is 16.5. The van der Waals surface area contributed by atoms with Crippen molar-refractivity contribution in [2.24, 2.45) is 11.8 Å². The molecule has 1 aromatic heterocycles. The van der Waals surface area contributed by atoms with Gasteiger partial charge in [-0.05, 0) is 49.8 Å². The van der Waals surface area contributed by atoms with Crippen LogP contribution >= 0.6 is 0 Å². The Kier molecular flexibility index (Phi) is 5.55. The van der Waals surface area contributed by atoms with Crippen molar-refractivity contribution < 1.29 is 14.3 Å². The lowest BCUT2D eigenvalue weighted by Gasteiger charge is -2.32. The lowest BCUT2D eigenvalue weighted by Crippen LogP contribution is -2.45. The third-order valence-electron chi connectivity index (χ3n) is 5.29. The Morgan fingerprint density at radius 2 is 1.96 bits per heavy atom. The molecule has 2 heterocycles. The average molecular weight is 379 g/mol. The summed E-state index contributed by atoms with van der Waals surface area (Å²) in [5, 5.41) is 3.04. The average Bonchev–Trinajstić information content (AvgIpc) is 3.57. The van der Waals surface area contributed by atoms with Crippen LogP contribution in [0, 0.1) is 11.8 Å². The van der Waals surface area contributed by atoms with Crippen LogP contribution in [0.15, 0.2) is 48.7 Å². The highest BCUT2D eigenvalue weighted by molar-refractivity contribution is 5.95. The Hall–Kier alpha value is -2.89. The molecule has 4 rings (SSSR count). The summed E-state index contributed by atoms with van der Waals surface area (Å²) in [6.45, 7) is 1.91. The SMILES string of the molecule is O=C(NCC1CC1)[C@H]1CCCN(C(=O)c2ccnc(Oc3ccccc3)c2)C1. The topological polar surface area (TPSA) is 71.5 Å². The second-order valence-electron chi connectivity index (χ2n) is 7.58. The van der Waals surface area contributed by atoms with Crippen molar-refractivity contribution in [3.63, 3.8) is 0 Å². The minimum atomic E-state index is -0.127. The number of carbonyl (C=O) groups is 2. The van der Waals surface area contributed by atoms with E-state index in [0.29, 0.717) is 36.2 Å².